The molecule has 0 N–H and O–H groups in total. The number of halogens is 1. The summed E-state index contributed by atoms with van der Waals surface area (Å²) in [6, 6.07) is 0. The third-order valence-electron chi connectivity index (χ3n) is 0. The predicted molar refractivity (Wildman–Crippen MR) is 15.6 cm³/mol. The maximum atomic E-state index is 2.00. The molecule has 0 bridgehead atoms. The van der Waals surface area contributed by atoms with Gasteiger partial charge in [-0.3, -0.25) is 0 Å². The van der Waals surface area contributed by atoms with Crippen LogP contribution in [0, 0.1) is 6.42 Å². The summed E-state index contributed by atoms with van der Waals surface area (Å²) < 4.78 is 0. The average molecular weight is 178 g/mol. The van der Waals surface area contributed by atoms with E-state index in [0.717, 1.165) is 0 Å². The normalized spacial score (nSPS) is 3.60. The largest absolute Gasteiger partial charge is 1.00 e. The molecule has 0 spiro atoms. The Morgan fingerprint density at radius 2 is 1.20 bits per heavy atom. The summed E-state index contributed by atoms with van der Waals surface area (Å²) >= 11 is 0. The standard InChI is InChI=1S/C3H7.BrH.Mn/c1-3-2;;/h3H,1-2H3;1H;/p-1. The van der Waals surface area contributed by atoms with Gasteiger partial charge in [-0.15, -0.1) is 0 Å². The van der Waals surface area contributed by atoms with Crippen LogP contribution in [0.4, 0.5) is 0 Å². The summed E-state index contributed by atoms with van der Waals surface area (Å²) in [4.78, 5) is 0. The van der Waals surface area contributed by atoms with E-state index in [9.17, 15) is 0 Å². The van der Waals surface area contributed by atoms with Crippen molar-refractivity contribution in [3.8, 4) is 0 Å². The van der Waals surface area contributed by atoms with Gasteiger partial charge in [0.05, 0.1) is 0 Å². The first-order valence-electron chi connectivity index (χ1n) is 1.15. The van der Waals surface area contributed by atoms with Crippen LogP contribution in [0.25, 0.3) is 0 Å². The minimum absolute atomic E-state index is 0. The molecule has 0 fully saturated rings. The fraction of sp³-hybridized carbons (Fsp3) is 0.667. The van der Waals surface area contributed by atoms with Crippen molar-refractivity contribution >= 4 is 0 Å². The van der Waals surface area contributed by atoms with E-state index in [1.54, 1.807) is 0 Å². The van der Waals surface area contributed by atoms with E-state index >= 15 is 0 Å². The monoisotopic (exact) mass is 177 g/mol. The van der Waals surface area contributed by atoms with Crippen LogP contribution in [0.2, 0.25) is 0 Å². The third-order valence-corrected chi connectivity index (χ3v) is 0. The van der Waals surface area contributed by atoms with E-state index in [1.807, 2.05) is 20.3 Å². The van der Waals surface area contributed by atoms with Crippen LogP contribution in [-0.2, 0) is 17.1 Å². The molecule has 0 rings (SSSR count). The molecule has 5 heavy (non-hydrogen) atoms. The van der Waals surface area contributed by atoms with Gasteiger partial charge < -0.3 is 17.0 Å². The molecule has 0 nitrogen and oxygen atoms in total. The summed E-state index contributed by atoms with van der Waals surface area (Å²) in [5.74, 6) is 0. The van der Waals surface area contributed by atoms with Gasteiger partial charge >= 0.3 is 0 Å². The molecular weight excluding hydrogens is 171 g/mol. The van der Waals surface area contributed by atoms with E-state index in [2.05, 4.69) is 0 Å². The van der Waals surface area contributed by atoms with Gasteiger partial charge in [-0.1, -0.05) is 13.8 Å². The van der Waals surface area contributed by atoms with Gasteiger partial charge in [0.1, 0.15) is 0 Å². The van der Waals surface area contributed by atoms with Crippen LogP contribution < -0.4 is 17.0 Å². The Hall–Kier alpha value is 0.999. The van der Waals surface area contributed by atoms with Crippen molar-refractivity contribution in [3.05, 3.63) is 6.42 Å². The van der Waals surface area contributed by atoms with Crippen molar-refractivity contribution in [3.63, 3.8) is 0 Å². The van der Waals surface area contributed by atoms with Crippen molar-refractivity contribution in [2.24, 2.45) is 0 Å². The molecular formula is C3H7BrMn-. The molecule has 0 saturated heterocycles. The summed E-state index contributed by atoms with van der Waals surface area (Å²) in [7, 11) is 0. The third kappa shape index (κ3) is 45.0. The summed E-state index contributed by atoms with van der Waals surface area (Å²) in [5, 5.41) is 0. The molecule has 2 radical (unpaired) electrons. The Kier molecular flexibility index (Phi) is 66.7. The zero-order valence-electron chi connectivity index (χ0n) is 3.33. The van der Waals surface area contributed by atoms with Crippen LogP contribution in [0.3, 0.4) is 0 Å². The zero-order chi connectivity index (χ0) is 2.71. The fourth-order valence-electron chi connectivity index (χ4n) is 0. The maximum Gasteiger partial charge on any atom is 0 e. The predicted octanol–water partition coefficient (Wildman–Crippen LogP) is -1.77. The van der Waals surface area contributed by atoms with Crippen LogP contribution in [0.1, 0.15) is 13.8 Å². The fourth-order valence-corrected chi connectivity index (χ4v) is 0. The van der Waals surface area contributed by atoms with Crippen LogP contribution in [-0.4, -0.2) is 0 Å². The first kappa shape index (κ1) is 16.7. The molecule has 0 aliphatic carbocycles. The van der Waals surface area contributed by atoms with Gasteiger partial charge in [0.2, 0.25) is 0 Å². The quantitative estimate of drug-likeness (QED) is 0.385. The van der Waals surface area contributed by atoms with E-state index in [0.29, 0.717) is 0 Å². The van der Waals surface area contributed by atoms with Crippen molar-refractivity contribution in [1.82, 2.24) is 0 Å². The van der Waals surface area contributed by atoms with E-state index in [1.165, 1.54) is 0 Å². The second-order valence-electron chi connectivity index (χ2n) is 0.577. The molecule has 0 atom stereocenters. The molecule has 2 heteroatoms. The molecule has 0 unspecified atom stereocenters. The maximum absolute atomic E-state index is 2.00. The van der Waals surface area contributed by atoms with Gasteiger partial charge in [-0.25, -0.2) is 0 Å². The number of hydrogen-bond donors (Lipinski definition) is 0. The number of rotatable bonds is 0. The minimum Gasteiger partial charge on any atom is -1.00 e. The zero-order valence-corrected chi connectivity index (χ0v) is 6.10. The second kappa shape index (κ2) is 20.0. The average Bonchev–Trinajstić information content (AvgIpc) is 0.918. The van der Waals surface area contributed by atoms with Gasteiger partial charge in [-0.2, -0.15) is 0 Å². The van der Waals surface area contributed by atoms with E-state index < -0.39 is 0 Å². The van der Waals surface area contributed by atoms with Gasteiger partial charge in [-0.05, 0) is 6.42 Å². The van der Waals surface area contributed by atoms with E-state index in [-0.39, 0.29) is 34.1 Å². The topological polar surface area (TPSA) is 0 Å². The Labute approximate surface area is 54.6 Å². The molecule has 0 aliphatic heterocycles. The second-order valence-corrected chi connectivity index (χ2v) is 0.577. The molecule has 0 saturated carbocycles. The van der Waals surface area contributed by atoms with Crippen molar-refractivity contribution in [2.75, 3.05) is 0 Å². The van der Waals surface area contributed by atoms with Gasteiger partial charge in [0.15, 0.2) is 0 Å². The molecule has 0 amide bonds. The Balaban J connectivity index is -0.0000000200. The minimum atomic E-state index is 0. The summed E-state index contributed by atoms with van der Waals surface area (Å²) in [5.41, 5.74) is 0. The van der Waals surface area contributed by atoms with Crippen molar-refractivity contribution in [1.29, 1.82) is 0 Å². The molecule has 0 heterocycles. The number of hydrogen-bond acceptors (Lipinski definition) is 0. The summed E-state index contributed by atoms with van der Waals surface area (Å²) in [6.45, 7) is 4.00. The Bertz CT molecular complexity index is 6.85. The van der Waals surface area contributed by atoms with Crippen LogP contribution in [0.15, 0.2) is 0 Å². The first-order valence-corrected chi connectivity index (χ1v) is 1.15. The van der Waals surface area contributed by atoms with Crippen LogP contribution >= 0.6 is 0 Å². The Morgan fingerprint density at radius 3 is 1.20 bits per heavy atom. The van der Waals surface area contributed by atoms with Gasteiger partial charge in [0, 0.05) is 17.1 Å². The SMILES string of the molecule is C[CH]C.[Br-].[Mn]. The molecule has 34 valence electrons. The van der Waals surface area contributed by atoms with Crippen LogP contribution in [0.5, 0.6) is 0 Å². The van der Waals surface area contributed by atoms with Gasteiger partial charge in [0.25, 0.3) is 0 Å². The smallest absolute Gasteiger partial charge is 0 e. The Morgan fingerprint density at radius 1 is 1.20 bits per heavy atom. The first-order chi connectivity index (χ1) is 1.41. The molecule has 0 aromatic heterocycles. The van der Waals surface area contributed by atoms with E-state index in [4.69, 9.17) is 0 Å². The molecule has 0 aromatic carbocycles. The molecule has 0 aliphatic rings. The summed E-state index contributed by atoms with van der Waals surface area (Å²) in [6.07, 6.45) is 2.00. The van der Waals surface area contributed by atoms with Crippen molar-refractivity contribution in [2.45, 2.75) is 13.8 Å². The van der Waals surface area contributed by atoms with Crippen molar-refractivity contribution < 1.29 is 34.1 Å². The molecule has 0 aromatic rings.